The number of para-hydroxylation sites is 2. The Balaban J connectivity index is 1.28. The molecule has 0 bridgehead atoms. The van der Waals surface area contributed by atoms with Crippen molar-refractivity contribution in [3.8, 4) is 22.5 Å². The fourth-order valence-electron chi connectivity index (χ4n) is 6.10. The van der Waals surface area contributed by atoms with E-state index in [1.54, 1.807) is 0 Å². The van der Waals surface area contributed by atoms with Crippen LogP contribution in [-0.2, 0) is 0 Å². The second-order valence-corrected chi connectivity index (χ2v) is 10.2. The quantitative estimate of drug-likeness (QED) is 0.211. The molecule has 0 saturated carbocycles. The Morgan fingerprint density at radius 3 is 1.77 bits per heavy atom. The van der Waals surface area contributed by atoms with Gasteiger partial charge in [0.2, 0.25) is 0 Å². The lowest BCUT2D eigenvalue weighted by Crippen LogP contribution is -2.31. The fraction of sp³-hybridized carbons (Fsp3) is 0.0811. The van der Waals surface area contributed by atoms with Crippen LogP contribution in [0, 0.1) is 6.92 Å². The van der Waals surface area contributed by atoms with Crippen LogP contribution in [0.3, 0.4) is 0 Å². The number of rotatable bonds is 5. The van der Waals surface area contributed by atoms with Crippen molar-refractivity contribution in [2.45, 2.75) is 19.8 Å². The third-order valence-electron chi connectivity index (χ3n) is 7.95. The molecule has 1 aliphatic rings. The van der Waals surface area contributed by atoms with Gasteiger partial charge in [-0.2, -0.15) is 0 Å². The summed E-state index contributed by atoms with van der Waals surface area (Å²) in [6.07, 6.45) is 13.0. The monoisotopic (exact) mass is 502 g/mol. The summed E-state index contributed by atoms with van der Waals surface area (Å²) in [6.45, 7) is 6.10. The molecule has 7 rings (SSSR count). The van der Waals surface area contributed by atoms with E-state index in [4.69, 9.17) is 0 Å². The Bertz CT molecular complexity index is 1960. The molecule has 2 heteroatoms. The van der Waals surface area contributed by atoms with Crippen LogP contribution in [0.2, 0.25) is 0 Å². The van der Waals surface area contributed by atoms with Crippen molar-refractivity contribution >= 4 is 40.0 Å². The first-order valence-corrected chi connectivity index (χ1v) is 13.6. The van der Waals surface area contributed by atoms with Gasteiger partial charge in [-0.3, -0.25) is 0 Å². The summed E-state index contributed by atoms with van der Waals surface area (Å²) in [7, 11) is 0. The number of hydrogen-bond acceptors (Lipinski definition) is 0. The van der Waals surface area contributed by atoms with Crippen molar-refractivity contribution in [1.82, 2.24) is 9.13 Å². The Kier molecular flexibility index (Phi) is 5.67. The third-order valence-corrected chi connectivity index (χ3v) is 7.95. The van der Waals surface area contributed by atoms with Crippen LogP contribution in [0.4, 0.5) is 0 Å². The van der Waals surface area contributed by atoms with Gasteiger partial charge < -0.3 is 9.13 Å². The molecule has 39 heavy (non-hydrogen) atoms. The number of hydrogen-bond donors (Lipinski definition) is 0. The highest BCUT2D eigenvalue weighted by Crippen LogP contribution is 2.32. The van der Waals surface area contributed by atoms with Crippen molar-refractivity contribution in [3.63, 3.8) is 0 Å². The second kappa shape index (κ2) is 9.49. The molecule has 4 aromatic carbocycles. The lowest BCUT2D eigenvalue weighted by atomic mass is 10.0. The molecule has 0 saturated heterocycles. The molecule has 0 amide bonds. The van der Waals surface area contributed by atoms with Gasteiger partial charge in [0.15, 0.2) is 0 Å². The molecule has 1 aliphatic carbocycles. The van der Waals surface area contributed by atoms with Gasteiger partial charge in [0.25, 0.3) is 0 Å². The van der Waals surface area contributed by atoms with Gasteiger partial charge in [-0.25, -0.2) is 0 Å². The van der Waals surface area contributed by atoms with E-state index in [1.165, 1.54) is 66.1 Å². The highest BCUT2D eigenvalue weighted by atomic mass is 15.0. The fourth-order valence-corrected chi connectivity index (χ4v) is 6.10. The Morgan fingerprint density at radius 2 is 1.18 bits per heavy atom. The first-order valence-electron chi connectivity index (χ1n) is 13.6. The molecule has 2 nitrogen and oxygen atoms in total. The van der Waals surface area contributed by atoms with Crippen LogP contribution < -0.4 is 10.6 Å². The van der Waals surface area contributed by atoms with Gasteiger partial charge in [-0.15, -0.1) is 0 Å². The maximum Gasteiger partial charge on any atom is 0.0541 e. The van der Waals surface area contributed by atoms with Crippen molar-refractivity contribution in [2.75, 3.05) is 0 Å². The van der Waals surface area contributed by atoms with Crippen LogP contribution >= 0.6 is 0 Å². The standard InChI is InChI=1S/C37H30N2/c1-3-4-14-34-26(2)31-11-5-8-15-35(31)38(34)29-22-18-27(19-23-29)28-20-24-30(25-21-28)39-36-16-9-6-12-32(36)33-13-7-10-17-37(33)39/h3-4,6-7,9-25H,1,5,8H2,2H3/b14-4-. The number of nitrogens with zero attached hydrogens (tertiary/aromatic N) is 2. The van der Waals surface area contributed by atoms with Crippen molar-refractivity contribution in [3.05, 3.63) is 138 Å². The van der Waals surface area contributed by atoms with Crippen LogP contribution in [0.15, 0.2) is 116 Å². The van der Waals surface area contributed by atoms with Crippen LogP contribution in [0.25, 0.3) is 62.5 Å². The van der Waals surface area contributed by atoms with E-state index in [-0.39, 0.29) is 0 Å². The summed E-state index contributed by atoms with van der Waals surface area (Å²) in [5.41, 5.74) is 9.79. The molecule has 0 unspecified atom stereocenters. The minimum absolute atomic E-state index is 1.08. The van der Waals surface area contributed by atoms with Gasteiger partial charge in [0.1, 0.15) is 0 Å². The first-order chi connectivity index (χ1) is 19.2. The van der Waals surface area contributed by atoms with Gasteiger partial charge in [-0.1, -0.05) is 91.5 Å². The topological polar surface area (TPSA) is 9.86 Å². The predicted octanol–water partition coefficient (Wildman–Crippen LogP) is 8.10. The summed E-state index contributed by atoms with van der Waals surface area (Å²) < 4.78 is 4.75. The summed E-state index contributed by atoms with van der Waals surface area (Å²) in [5.74, 6) is 0. The van der Waals surface area contributed by atoms with Gasteiger partial charge in [0, 0.05) is 33.2 Å². The van der Waals surface area contributed by atoms with E-state index < -0.39 is 0 Å². The molecule has 2 aromatic heterocycles. The van der Waals surface area contributed by atoms with Gasteiger partial charge in [-0.05, 0) is 84.1 Å². The van der Waals surface area contributed by atoms with Crippen LogP contribution in [0.5, 0.6) is 0 Å². The average molecular weight is 503 g/mol. The zero-order valence-corrected chi connectivity index (χ0v) is 22.1. The van der Waals surface area contributed by atoms with E-state index in [2.05, 4.69) is 138 Å². The minimum Gasteiger partial charge on any atom is -0.310 e. The van der Waals surface area contributed by atoms with Crippen molar-refractivity contribution in [2.24, 2.45) is 0 Å². The predicted molar refractivity (Wildman–Crippen MR) is 167 cm³/mol. The Hall–Kier alpha value is -4.82. The maximum atomic E-state index is 3.87. The van der Waals surface area contributed by atoms with Crippen molar-refractivity contribution < 1.29 is 0 Å². The van der Waals surface area contributed by atoms with Crippen molar-refractivity contribution in [1.29, 1.82) is 0 Å². The summed E-state index contributed by atoms with van der Waals surface area (Å²) in [4.78, 5) is 0. The van der Waals surface area contributed by atoms with E-state index in [0.29, 0.717) is 0 Å². The molecule has 0 spiro atoms. The van der Waals surface area contributed by atoms with Gasteiger partial charge in [0.05, 0.1) is 11.0 Å². The van der Waals surface area contributed by atoms with Crippen LogP contribution in [-0.4, -0.2) is 9.13 Å². The highest BCUT2D eigenvalue weighted by molar-refractivity contribution is 6.09. The molecule has 0 radical (unpaired) electrons. The van der Waals surface area contributed by atoms with E-state index in [1.807, 2.05) is 12.2 Å². The maximum absolute atomic E-state index is 3.87. The lowest BCUT2D eigenvalue weighted by molar-refractivity contribution is 0.987. The zero-order valence-electron chi connectivity index (χ0n) is 22.1. The summed E-state index contributed by atoms with van der Waals surface area (Å²) in [5, 5.41) is 5.22. The van der Waals surface area contributed by atoms with Crippen LogP contribution in [0.1, 0.15) is 24.1 Å². The third kappa shape index (κ3) is 3.80. The smallest absolute Gasteiger partial charge is 0.0541 e. The largest absolute Gasteiger partial charge is 0.310 e. The molecule has 0 fully saturated rings. The molecule has 0 N–H and O–H groups in total. The average Bonchev–Trinajstić information content (AvgIpc) is 3.48. The molecular formula is C37H30N2. The second-order valence-electron chi connectivity index (χ2n) is 10.2. The van der Waals surface area contributed by atoms with E-state index in [9.17, 15) is 0 Å². The van der Waals surface area contributed by atoms with Gasteiger partial charge >= 0.3 is 0 Å². The Labute approximate surface area is 228 Å². The summed E-state index contributed by atoms with van der Waals surface area (Å²) >= 11 is 0. The molecule has 6 aromatic rings. The van der Waals surface area contributed by atoms with E-state index in [0.717, 1.165) is 12.8 Å². The first kappa shape index (κ1) is 23.3. The molecule has 0 atom stereocenters. The minimum atomic E-state index is 1.08. The SMILES string of the molecule is C=C/C=C\c1c(C)c2c(n1-c1ccc(-c3ccc(-n4c5ccccc5c5ccccc54)cc3)cc1)=CCCC=2. The number of fused-ring (bicyclic) bond motifs is 4. The summed E-state index contributed by atoms with van der Waals surface area (Å²) in [6, 6.07) is 35.2. The zero-order chi connectivity index (χ0) is 26.3. The highest BCUT2D eigenvalue weighted by Gasteiger charge is 2.14. The molecule has 0 aliphatic heterocycles. The number of benzene rings is 4. The molecular weight excluding hydrogens is 472 g/mol. The number of allylic oxidation sites excluding steroid dienone is 2. The Morgan fingerprint density at radius 1 is 0.641 bits per heavy atom. The normalized spacial score (nSPS) is 12.9. The lowest BCUT2D eigenvalue weighted by Gasteiger charge is -2.12. The molecule has 2 heterocycles. The molecule has 188 valence electrons. The van der Waals surface area contributed by atoms with E-state index >= 15 is 0 Å². The number of aromatic nitrogens is 2.